The van der Waals surface area contributed by atoms with Gasteiger partial charge in [0.15, 0.2) is 0 Å². The second-order valence-corrected chi connectivity index (χ2v) is 6.32. The molecule has 0 amide bonds. The summed E-state index contributed by atoms with van der Waals surface area (Å²) in [6.45, 7) is 2.74. The maximum Gasteiger partial charge on any atom is 0.229 e. The molecule has 0 saturated heterocycles. The first-order valence-electron chi connectivity index (χ1n) is 8.40. The van der Waals surface area contributed by atoms with E-state index in [1.807, 2.05) is 6.07 Å². The van der Waals surface area contributed by atoms with Crippen molar-refractivity contribution in [1.29, 1.82) is 0 Å². The second-order valence-electron chi connectivity index (χ2n) is 5.92. The van der Waals surface area contributed by atoms with Gasteiger partial charge in [-0.15, -0.1) is 0 Å². The van der Waals surface area contributed by atoms with Crippen molar-refractivity contribution < 1.29 is 9.47 Å². The molecule has 0 fully saturated rings. The van der Waals surface area contributed by atoms with E-state index in [1.165, 1.54) is 11.1 Å². The molecule has 0 spiro atoms. The average molecular weight is 385 g/mol. The summed E-state index contributed by atoms with van der Waals surface area (Å²) in [4.78, 5) is 8.75. The van der Waals surface area contributed by atoms with E-state index in [1.54, 1.807) is 32.5 Å². The van der Waals surface area contributed by atoms with Crippen molar-refractivity contribution in [1.82, 2.24) is 9.97 Å². The number of hydrogen-bond donors (Lipinski definition) is 2. The monoisotopic (exact) mass is 384 g/mol. The number of anilines is 3. The number of aryl methyl sites for hydroxylation is 1. The zero-order chi connectivity index (χ0) is 19.2. The van der Waals surface area contributed by atoms with E-state index in [9.17, 15) is 0 Å². The van der Waals surface area contributed by atoms with Crippen LogP contribution in [0.25, 0.3) is 0 Å². The standard InChI is InChI=1S/C20H21ClN4O2/c1-13-4-6-14(7-5-13)12-23-19-8-9-22-20(25-19)24-16-11-17(26-2)15(21)10-18(16)27-3/h4-11H,12H2,1-3H3,(H2,22,23,24,25). The van der Waals surface area contributed by atoms with Gasteiger partial charge in [0.25, 0.3) is 0 Å². The maximum atomic E-state index is 6.14. The number of methoxy groups -OCH3 is 2. The Bertz CT molecular complexity index is 916. The Hall–Kier alpha value is -2.99. The van der Waals surface area contributed by atoms with Gasteiger partial charge in [0.1, 0.15) is 17.3 Å². The number of nitrogens with one attached hydrogen (secondary N) is 2. The van der Waals surface area contributed by atoms with Crippen molar-refractivity contribution in [3.8, 4) is 11.5 Å². The number of benzene rings is 2. The van der Waals surface area contributed by atoms with Gasteiger partial charge in [0.2, 0.25) is 5.95 Å². The molecular weight excluding hydrogens is 364 g/mol. The van der Waals surface area contributed by atoms with Crippen LogP contribution in [0.5, 0.6) is 11.5 Å². The number of nitrogens with zero attached hydrogens (tertiary/aromatic N) is 2. The smallest absolute Gasteiger partial charge is 0.229 e. The third-order valence-electron chi connectivity index (χ3n) is 3.97. The lowest BCUT2D eigenvalue weighted by molar-refractivity contribution is 0.405. The SMILES string of the molecule is COc1cc(Nc2nccc(NCc3ccc(C)cc3)n2)c(OC)cc1Cl. The predicted molar refractivity (Wildman–Crippen MR) is 108 cm³/mol. The number of halogens is 1. The van der Waals surface area contributed by atoms with E-state index in [0.717, 1.165) is 0 Å². The minimum absolute atomic E-state index is 0.437. The van der Waals surface area contributed by atoms with Gasteiger partial charge < -0.3 is 20.1 Å². The minimum Gasteiger partial charge on any atom is -0.495 e. The van der Waals surface area contributed by atoms with Gasteiger partial charge in [-0.1, -0.05) is 41.4 Å². The molecule has 7 heteroatoms. The lowest BCUT2D eigenvalue weighted by Gasteiger charge is -2.13. The summed E-state index contributed by atoms with van der Waals surface area (Å²) in [5.41, 5.74) is 3.08. The molecule has 27 heavy (non-hydrogen) atoms. The van der Waals surface area contributed by atoms with Crippen LogP contribution in [0.4, 0.5) is 17.5 Å². The fraction of sp³-hybridized carbons (Fsp3) is 0.200. The Morgan fingerprint density at radius 1 is 1.00 bits per heavy atom. The Morgan fingerprint density at radius 3 is 2.44 bits per heavy atom. The van der Waals surface area contributed by atoms with Crippen LogP contribution in [-0.2, 0) is 6.54 Å². The molecule has 0 aliphatic heterocycles. The topological polar surface area (TPSA) is 68.3 Å². The maximum absolute atomic E-state index is 6.14. The van der Waals surface area contributed by atoms with E-state index in [-0.39, 0.29) is 0 Å². The van der Waals surface area contributed by atoms with Crippen molar-refractivity contribution in [3.05, 3.63) is 64.8 Å². The van der Waals surface area contributed by atoms with Gasteiger partial charge in [-0.2, -0.15) is 4.98 Å². The first-order valence-corrected chi connectivity index (χ1v) is 8.78. The largest absolute Gasteiger partial charge is 0.495 e. The van der Waals surface area contributed by atoms with E-state index >= 15 is 0 Å². The summed E-state index contributed by atoms with van der Waals surface area (Å²) < 4.78 is 10.6. The lowest BCUT2D eigenvalue weighted by Crippen LogP contribution is -2.05. The fourth-order valence-electron chi connectivity index (χ4n) is 2.49. The zero-order valence-electron chi connectivity index (χ0n) is 15.4. The molecule has 2 aromatic carbocycles. The van der Waals surface area contributed by atoms with Crippen molar-refractivity contribution in [3.63, 3.8) is 0 Å². The Morgan fingerprint density at radius 2 is 1.74 bits per heavy atom. The summed E-state index contributed by atoms with van der Waals surface area (Å²) in [5.74, 6) is 2.26. The van der Waals surface area contributed by atoms with Crippen molar-refractivity contribution in [2.24, 2.45) is 0 Å². The number of ether oxygens (including phenoxy) is 2. The van der Waals surface area contributed by atoms with Gasteiger partial charge in [-0.25, -0.2) is 4.98 Å². The molecule has 3 rings (SSSR count). The molecule has 0 radical (unpaired) electrons. The molecule has 0 bridgehead atoms. The summed E-state index contributed by atoms with van der Waals surface area (Å²) >= 11 is 6.14. The fourth-order valence-corrected chi connectivity index (χ4v) is 2.73. The molecule has 6 nitrogen and oxygen atoms in total. The van der Waals surface area contributed by atoms with Crippen LogP contribution in [0.2, 0.25) is 5.02 Å². The van der Waals surface area contributed by atoms with Crippen molar-refractivity contribution in [2.45, 2.75) is 13.5 Å². The van der Waals surface area contributed by atoms with Gasteiger partial charge in [-0.05, 0) is 18.6 Å². The molecule has 0 aliphatic rings. The number of hydrogen-bond acceptors (Lipinski definition) is 6. The Balaban J connectivity index is 1.75. The molecule has 0 atom stereocenters. The highest BCUT2D eigenvalue weighted by Gasteiger charge is 2.11. The van der Waals surface area contributed by atoms with Crippen LogP contribution in [0.3, 0.4) is 0 Å². The van der Waals surface area contributed by atoms with Crippen molar-refractivity contribution >= 4 is 29.1 Å². The predicted octanol–water partition coefficient (Wildman–Crippen LogP) is 4.81. The number of aromatic nitrogens is 2. The third-order valence-corrected chi connectivity index (χ3v) is 4.27. The molecule has 1 heterocycles. The first-order chi connectivity index (χ1) is 13.1. The van der Waals surface area contributed by atoms with E-state index in [4.69, 9.17) is 21.1 Å². The average Bonchev–Trinajstić information content (AvgIpc) is 2.69. The molecule has 0 unspecified atom stereocenters. The molecule has 140 valence electrons. The van der Waals surface area contributed by atoms with E-state index in [0.29, 0.717) is 40.5 Å². The zero-order valence-corrected chi connectivity index (χ0v) is 16.2. The normalized spacial score (nSPS) is 10.4. The molecular formula is C20H21ClN4O2. The first kappa shape index (κ1) is 18.8. The quantitative estimate of drug-likeness (QED) is 0.609. The lowest BCUT2D eigenvalue weighted by atomic mass is 10.1. The van der Waals surface area contributed by atoms with Gasteiger partial charge in [0.05, 0.1) is 24.9 Å². The van der Waals surface area contributed by atoms with Crippen molar-refractivity contribution in [2.75, 3.05) is 24.9 Å². The van der Waals surface area contributed by atoms with Crippen LogP contribution in [0, 0.1) is 6.92 Å². The van der Waals surface area contributed by atoms with Crippen LogP contribution in [0.1, 0.15) is 11.1 Å². The third kappa shape index (κ3) is 4.80. The summed E-state index contributed by atoms with van der Waals surface area (Å²) in [6.07, 6.45) is 1.69. The highest BCUT2D eigenvalue weighted by atomic mass is 35.5. The summed E-state index contributed by atoms with van der Waals surface area (Å²) in [5, 5.41) is 6.91. The van der Waals surface area contributed by atoms with Crippen LogP contribution in [0.15, 0.2) is 48.7 Å². The summed E-state index contributed by atoms with van der Waals surface area (Å²) in [6, 6.07) is 13.6. The van der Waals surface area contributed by atoms with Gasteiger partial charge >= 0.3 is 0 Å². The van der Waals surface area contributed by atoms with Crippen LogP contribution < -0.4 is 20.1 Å². The Kier molecular flexibility index (Phi) is 5.98. The van der Waals surface area contributed by atoms with E-state index < -0.39 is 0 Å². The Labute approximate surface area is 163 Å². The van der Waals surface area contributed by atoms with Gasteiger partial charge in [-0.3, -0.25) is 0 Å². The van der Waals surface area contributed by atoms with Gasteiger partial charge in [0, 0.05) is 24.9 Å². The van der Waals surface area contributed by atoms with Crippen LogP contribution in [-0.4, -0.2) is 24.2 Å². The molecule has 3 aromatic rings. The molecule has 1 aromatic heterocycles. The minimum atomic E-state index is 0.437. The number of rotatable bonds is 7. The van der Waals surface area contributed by atoms with E-state index in [2.05, 4.69) is 51.8 Å². The highest BCUT2D eigenvalue weighted by Crippen LogP contribution is 2.36. The molecule has 0 saturated carbocycles. The summed E-state index contributed by atoms with van der Waals surface area (Å²) in [7, 11) is 3.13. The molecule has 0 aliphatic carbocycles. The molecule has 2 N–H and O–H groups in total. The van der Waals surface area contributed by atoms with Crippen LogP contribution >= 0.6 is 11.6 Å². The second kappa shape index (κ2) is 8.60. The highest BCUT2D eigenvalue weighted by molar-refractivity contribution is 6.32.